The van der Waals surface area contributed by atoms with Crippen LogP contribution in [-0.4, -0.2) is 28.1 Å². The summed E-state index contributed by atoms with van der Waals surface area (Å²) >= 11 is 0. The summed E-state index contributed by atoms with van der Waals surface area (Å²) in [5, 5.41) is 16.2. The molecule has 1 rings (SSSR count). The van der Waals surface area contributed by atoms with E-state index in [2.05, 4.69) is 4.98 Å². The standard InChI is InChI=1S/C9H12N4O2/c1-6(8(14)15)13(9(10)11)7-4-2-3-5-12-7/h2-6H,1H3,(H3,10,11)(H,14,15). The number of nitrogens with zero attached hydrogens (tertiary/aromatic N) is 2. The minimum atomic E-state index is -1.06. The molecule has 1 unspecified atom stereocenters. The number of nitrogens with two attached hydrogens (primary N) is 1. The molecule has 0 aromatic carbocycles. The minimum Gasteiger partial charge on any atom is -0.480 e. The summed E-state index contributed by atoms with van der Waals surface area (Å²) in [4.78, 5) is 15.9. The van der Waals surface area contributed by atoms with Crippen LogP contribution in [-0.2, 0) is 4.79 Å². The third kappa shape index (κ3) is 2.43. The fraction of sp³-hybridized carbons (Fsp3) is 0.222. The van der Waals surface area contributed by atoms with Crippen LogP contribution in [0.3, 0.4) is 0 Å². The number of carboxylic acid groups (broad SMARTS) is 1. The first-order valence-corrected chi connectivity index (χ1v) is 4.31. The summed E-state index contributed by atoms with van der Waals surface area (Å²) < 4.78 is 0. The normalized spacial score (nSPS) is 11.8. The van der Waals surface area contributed by atoms with E-state index in [1.54, 1.807) is 18.2 Å². The highest BCUT2D eigenvalue weighted by Gasteiger charge is 2.23. The second-order valence-electron chi connectivity index (χ2n) is 2.96. The molecule has 0 fully saturated rings. The van der Waals surface area contributed by atoms with Gasteiger partial charge in [0.25, 0.3) is 0 Å². The third-order valence-electron chi connectivity index (χ3n) is 1.90. The number of aromatic nitrogens is 1. The summed E-state index contributed by atoms with van der Waals surface area (Å²) in [5.41, 5.74) is 5.31. The van der Waals surface area contributed by atoms with Gasteiger partial charge in [-0.25, -0.2) is 9.78 Å². The van der Waals surface area contributed by atoms with E-state index in [0.717, 1.165) is 4.90 Å². The zero-order valence-electron chi connectivity index (χ0n) is 8.21. The molecule has 0 aliphatic rings. The van der Waals surface area contributed by atoms with Crippen molar-refractivity contribution in [2.45, 2.75) is 13.0 Å². The average Bonchev–Trinajstić information content (AvgIpc) is 2.18. The molecule has 1 aromatic heterocycles. The molecule has 0 aliphatic heterocycles. The van der Waals surface area contributed by atoms with Gasteiger partial charge in [-0.3, -0.25) is 10.3 Å². The van der Waals surface area contributed by atoms with Gasteiger partial charge in [0.1, 0.15) is 11.9 Å². The Morgan fingerprint density at radius 2 is 2.33 bits per heavy atom. The lowest BCUT2D eigenvalue weighted by Gasteiger charge is -2.25. The van der Waals surface area contributed by atoms with E-state index < -0.39 is 12.0 Å². The summed E-state index contributed by atoms with van der Waals surface area (Å²) in [5.74, 6) is -1.06. The average molecular weight is 208 g/mol. The molecule has 15 heavy (non-hydrogen) atoms. The van der Waals surface area contributed by atoms with Crippen LogP contribution in [0.2, 0.25) is 0 Å². The number of hydrogen-bond acceptors (Lipinski definition) is 3. The molecule has 6 heteroatoms. The van der Waals surface area contributed by atoms with Gasteiger partial charge in [-0.05, 0) is 19.1 Å². The number of carboxylic acids is 1. The molecule has 1 atom stereocenters. The molecule has 0 saturated heterocycles. The first-order chi connectivity index (χ1) is 7.04. The molecule has 0 spiro atoms. The predicted octanol–water partition coefficient (Wildman–Crippen LogP) is 0.255. The van der Waals surface area contributed by atoms with Gasteiger partial charge in [0.15, 0.2) is 5.96 Å². The van der Waals surface area contributed by atoms with Crippen LogP contribution in [0.5, 0.6) is 0 Å². The van der Waals surface area contributed by atoms with Crippen molar-refractivity contribution in [3.05, 3.63) is 24.4 Å². The minimum absolute atomic E-state index is 0.344. The molecule has 1 aromatic rings. The third-order valence-corrected chi connectivity index (χ3v) is 1.90. The fourth-order valence-electron chi connectivity index (χ4n) is 1.14. The highest BCUT2D eigenvalue weighted by Crippen LogP contribution is 2.12. The number of pyridine rings is 1. The number of anilines is 1. The lowest BCUT2D eigenvalue weighted by molar-refractivity contribution is -0.137. The maximum Gasteiger partial charge on any atom is 0.326 e. The molecule has 0 aliphatic carbocycles. The zero-order chi connectivity index (χ0) is 11.4. The lowest BCUT2D eigenvalue weighted by atomic mass is 10.3. The highest BCUT2D eigenvalue weighted by atomic mass is 16.4. The molecule has 0 amide bonds. The quantitative estimate of drug-likeness (QED) is 0.488. The molecular formula is C9H12N4O2. The van der Waals surface area contributed by atoms with Crippen LogP contribution in [0.25, 0.3) is 0 Å². The topological polar surface area (TPSA) is 103 Å². The molecule has 0 bridgehead atoms. The Balaban J connectivity index is 3.04. The zero-order valence-corrected chi connectivity index (χ0v) is 8.21. The van der Waals surface area contributed by atoms with Gasteiger partial charge < -0.3 is 10.8 Å². The summed E-state index contributed by atoms with van der Waals surface area (Å²) in [6.45, 7) is 1.44. The van der Waals surface area contributed by atoms with Crippen molar-refractivity contribution < 1.29 is 9.90 Å². The van der Waals surface area contributed by atoms with Crippen molar-refractivity contribution in [1.29, 1.82) is 5.41 Å². The van der Waals surface area contributed by atoms with Crippen molar-refractivity contribution in [3.8, 4) is 0 Å². The van der Waals surface area contributed by atoms with Crippen LogP contribution < -0.4 is 10.6 Å². The van der Waals surface area contributed by atoms with Crippen LogP contribution in [0.15, 0.2) is 24.4 Å². The van der Waals surface area contributed by atoms with Gasteiger partial charge in [-0.2, -0.15) is 0 Å². The number of hydrogen-bond donors (Lipinski definition) is 3. The Morgan fingerprint density at radius 1 is 1.67 bits per heavy atom. The Morgan fingerprint density at radius 3 is 2.73 bits per heavy atom. The number of guanidine groups is 1. The van der Waals surface area contributed by atoms with E-state index in [-0.39, 0.29) is 5.96 Å². The Labute approximate surface area is 86.9 Å². The van der Waals surface area contributed by atoms with Gasteiger partial charge in [-0.15, -0.1) is 0 Å². The SMILES string of the molecule is CC(C(=O)O)N(C(=N)N)c1ccccn1. The smallest absolute Gasteiger partial charge is 0.326 e. The van der Waals surface area contributed by atoms with Crippen molar-refractivity contribution in [3.63, 3.8) is 0 Å². The predicted molar refractivity (Wildman–Crippen MR) is 55.7 cm³/mol. The van der Waals surface area contributed by atoms with E-state index >= 15 is 0 Å². The van der Waals surface area contributed by atoms with E-state index in [9.17, 15) is 4.79 Å². The van der Waals surface area contributed by atoms with Crippen molar-refractivity contribution in [2.24, 2.45) is 5.73 Å². The highest BCUT2D eigenvalue weighted by molar-refractivity contribution is 5.97. The molecule has 6 nitrogen and oxygen atoms in total. The first-order valence-electron chi connectivity index (χ1n) is 4.31. The van der Waals surface area contributed by atoms with E-state index in [4.69, 9.17) is 16.2 Å². The van der Waals surface area contributed by atoms with E-state index in [0.29, 0.717) is 5.82 Å². The van der Waals surface area contributed by atoms with Crippen LogP contribution in [0, 0.1) is 5.41 Å². The number of rotatable bonds is 3. The lowest BCUT2D eigenvalue weighted by Crippen LogP contribution is -2.47. The Hall–Kier alpha value is -2.11. The maximum atomic E-state index is 10.8. The Bertz CT molecular complexity index is 366. The number of aliphatic carboxylic acids is 1. The summed E-state index contributed by atoms with van der Waals surface area (Å²) in [6.07, 6.45) is 1.51. The van der Waals surface area contributed by atoms with E-state index in [1.807, 2.05) is 0 Å². The summed E-state index contributed by atoms with van der Waals surface area (Å²) in [7, 11) is 0. The largest absolute Gasteiger partial charge is 0.480 e. The van der Waals surface area contributed by atoms with Gasteiger partial charge >= 0.3 is 5.97 Å². The van der Waals surface area contributed by atoms with Crippen LogP contribution in [0.1, 0.15) is 6.92 Å². The maximum absolute atomic E-state index is 10.8. The van der Waals surface area contributed by atoms with Crippen molar-refractivity contribution in [1.82, 2.24) is 4.98 Å². The summed E-state index contributed by atoms with van der Waals surface area (Å²) in [6, 6.07) is 4.08. The van der Waals surface area contributed by atoms with Gasteiger partial charge in [-0.1, -0.05) is 6.07 Å². The molecule has 80 valence electrons. The Kier molecular flexibility index (Phi) is 3.22. The fourth-order valence-corrected chi connectivity index (χ4v) is 1.14. The number of nitrogens with one attached hydrogen (secondary N) is 1. The second-order valence-corrected chi connectivity index (χ2v) is 2.96. The molecular weight excluding hydrogens is 196 g/mol. The molecule has 1 heterocycles. The number of carbonyl (C=O) groups is 1. The van der Waals surface area contributed by atoms with Crippen LogP contribution >= 0.6 is 0 Å². The van der Waals surface area contributed by atoms with Crippen molar-refractivity contribution >= 4 is 17.7 Å². The monoisotopic (exact) mass is 208 g/mol. The van der Waals surface area contributed by atoms with Crippen molar-refractivity contribution in [2.75, 3.05) is 4.90 Å². The molecule has 0 radical (unpaired) electrons. The first kappa shape index (κ1) is 11.0. The molecule has 4 N–H and O–H groups in total. The van der Waals surface area contributed by atoms with E-state index in [1.165, 1.54) is 13.1 Å². The van der Waals surface area contributed by atoms with Gasteiger partial charge in [0, 0.05) is 6.20 Å². The van der Waals surface area contributed by atoms with Crippen LogP contribution in [0.4, 0.5) is 5.82 Å². The van der Waals surface area contributed by atoms with Gasteiger partial charge in [0.2, 0.25) is 0 Å². The molecule has 0 saturated carbocycles. The second kappa shape index (κ2) is 4.41. The van der Waals surface area contributed by atoms with Gasteiger partial charge in [0.05, 0.1) is 0 Å².